The van der Waals surface area contributed by atoms with Gasteiger partial charge in [0.25, 0.3) is 0 Å². The Kier molecular flexibility index (Phi) is 5.42. The van der Waals surface area contributed by atoms with Crippen LogP contribution in [0.15, 0.2) is 46.8 Å². The van der Waals surface area contributed by atoms with Gasteiger partial charge in [0.2, 0.25) is 5.91 Å². The van der Waals surface area contributed by atoms with Crippen LogP contribution in [0.5, 0.6) is 0 Å². The molecule has 0 radical (unpaired) electrons. The highest BCUT2D eigenvalue weighted by Gasteiger charge is 2.23. The van der Waals surface area contributed by atoms with Gasteiger partial charge in [0, 0.05) is 18.9 Å². The van der Waals surface area contributed by atoms with E-state index in [-0.39, 0.29) is 23.7 Å². The first-order valence-corrected chi connectivity index (χ1v) is 5.93. The first kappa shape index (κ1) is 13.4. The lowest BCUT2D eigenvalue weighted by atomic mass is 10.3. The minimum absolute atomic E-state index is 0.0176. The molecule has 0 fully saturated rings. The molecule has 4 nitrogen and oxygen atoms in total. The molecule has 1 amide bonds. The van der Waals surface area contributed by atoms with E-state index < -0.39 is 5.91 Å². The molecule has 0 bridgehead atoms. The number of ketones is 1. The summed E-state index contributed by atoms with van der Waals surface area (Å²) in [6.45, 7) is 0. The average Bonchev–Trinajstić information content (AvgIpc) is 2.60. The number of rotatable bonds is 4. The Bertz CT molecular complexity index is 433. The SMILES string of the molecule is O=C(/C=C/C=C/C=C/Br)NC1=C(O)CCC1=O. The Hall–Kier alpha value is -1.62. The minimum atomic E-state index is -0.436. The second kappa shape index (κ2) is 6.85. The molecule has 0 spiro atoms. The smallest absolute Gasteiger partial charge is 0.248 e. The number of carbonyl (C=O) groups excluding carboxylic acids is 2. The third-order valence-corrected chi connectivity index (χ3v) is 2.36. The van der Waals surface area contributed by atoms with Crippen LogP contribution in [0.3, 0.4) is 0 Å². The molecule has 1 rings (SSSR count). The molecule has 0 unspecified atom stereocenters. The number of aliphatic hydroxyl groups excluding tert-OH is 1. The average molecular weight is 298 g/mol. The number of allylic oxidation sites excluding steroid dienone is 6. The molecular weight excluding hydrogens is 286 g/mol. The summed E-state index contributed by atoms with van der Waals surface area (Å²) in [5.41, 5.74) is 0.0176. The summed E-state index contributed by atoms with van der Waals surface area (Å²) < 4.78 is 0. The monoisotopic (exact) mass is 297 g/mol. The van der Waals surface area contributed by atoms with Crippen molar-refractivity contribution in [2.45, 2.75) is 12.8 Å². The molecule has 17 heavy (non-hydrogen) atoms. The van der Waals surface area contributed by atoms with Crippen molar-refractivity contribution in [3.05, 3.63) is 46.8 Å². The Balaban J connectivity index is 2.50. The fourth-order valence-electron chi connectivity index (χ4n) is 1.26. The molecule has 0 atom stereocenters. The highest BCUT2D eigenvalue weighted by molar-refractivity contribution is 9.11. The van der Waals surface area contributed by atoms with Gasteiger partial charge in [-0.2, -0.15) is 0 Å². The van der Waals surface area contributed by atoms with Crippen LogP contribution < -0.4 is 5.32 Å². The maximum Gasteiger partial charge on any atom is 0.248 e. The summed E-state index contributed by atoms with van der Waals surface area (Å²) in [6, 6.07) is 0. The third-order valence-electron chi connectivity index (χ3n) is 2.06. The van der Waals surface area contributed by atoms with Gasteiger partial charge in [-0.25, -0.2) is 0 Å². The van der Waals surface area contributed by atoms with Gasteiger partial charge in [0.1, 0.15) is 11.5 Å². The summed E-state index contributed by atoms with van der Waals surface area (Å²) >= 11 is 3.10. The Labute approximate surface area is 108 Å². The molecule has 0 aromatic carbocycles. The molecule has 0 aromatic rings. The second-order valence-corrected chi connectivity index (χ2v) is 3.83. The van der Waals surface area contributed by atoms with Crippen LogP contribution in [0.4, 0.5) is 0 Å². The van der Waals surface area contributed by atoms with Crippen molar-refractivity contribution in [2.75, 3.05) is 0 Å². The van der Waals surface area contributed by atoms with Gasteiger partial charge >= 0.3 is 0 Å². The first-order valence-electron chi connectivity index (χ1n) is 5.01. The van der Waals surface area contributed by atoms with Crippen molar-refractivity contribution in [3.63, 3.8) is 0 Å². The van der Waals surface area contributed by atoms with E-state index in [0.717, 1.165) is 0 Å². The van der Waals surface area contributed by atoms with Crippen molar-refractivity contribution in [1.82, 2.24) is 5.32 Å². The summed E-state index contributed by atoms with van der Waals surface area (Å²) in [6.07, 6.45) is 8.52. The summed E-state index contributed by atoms with van der Waals surface area (Å²) in [4.78, 5) is 24.3. The van der Waals surface area contributed by atoms with Crippen LogP contribution in [0.2, 0.25) is 0 Å². The molecule has 1 aliphatic rings. The minimum Gasteiger partial charge on any atom is -0.510 e. The predicted octanol–water partition coefficient (Wildman–Crippen LogP) is 2.26. The van der Waals surface area contributed by atoms with Crippen molar-refractivity contribution >= 4 is 27.6 Å². The van der Waals surface area contributed by atoms with Crippen molar-refractivity contribution in [1.29, 1.82) is 0 Å². The van der Waals surface area contributed by atoms with Crippen LogP contribution in [0, 0.1) is 0 Å². The quantitative estimate of drug-likeness (QED) is 0.618. The summed E-state index contributed by atoms with van der Waals surface area (Å²) in [5.74, 6) is -0.717. The van der Waals surface area contributed by atoms with Gasteiger partial charge in [0.05, 0.1) is 0 Å². The van der Waals surface area contributed by atoms with Gasteiger partial charge < -0.3 is 10.4 Å². The van der Waals surface area contributed by atoms with Crippen LogP contribution in [-0.2, 0) is 9.59 Å². The fraction of sp³-hybridized carbons (Fsp3) is 0.167. The molecule has 90 valence electrons. The molecule has 5 heteroatoms. The Morgan fingerprint density at radius 3 is 2.53 bits per heavy atom. The van der Waals surface area contributed by atoms with Crippen LogP contribution >= 0.6 is 15.9 Å². The van der Waals surface area contributed by atoms with E-state index in [0.29, 0.717) is 6.42 Å². The zero-order valence-electron chi connectivity index (χ0n) is 9.02. The van der Waals surface area contributed by atoms with E-state index in [4.69, 9.17) is 0 Å². The van der Waals surface area contributed by atoms with Crippen molar-refractivity contribution < 1.29 is 14.7 Å². The predicted molar refractivity (Wildman–Crippen MR) is 68.4 cm³/mol. The highest BCUT2D eigenvalue weighted by Crippen LogP contribution is 2.17. The summed E-state index contributed by atoms with van der Waals surface area (Å²) in [7, 11) is 0. The molecule has 1 aliphatic carbocycles. The maximum atomic E-state index is 11.4. The number of halogens is 1. The molecule has 0 aromatic heterocycles. The van der Waals surface area contributed by atoms with Gasteiger partial charge in [0.15, 0.2) is 5.78 Å². The van der Waals surface area contributed by atoms with Gasteiger partial charge in [-0.15, -0.1) is 0 Å². The van der Waals surface area contributed by atoms with E-state index in [1.54, 1.807) is 29.3 Å². The number of carbonyl (C=O) groups is 2. The normalized spacial score (nSPS) is 16.9. The number of nitrogens with one attached hydrogen (secondary N) is 1. The van der Waals surface area contributed by atoms with E-state index in [2.05, 4.69) is 21.2 Å². The molecule has 0 heterocycles. The number of hydrogen-bond donors (Lipinski definition) is 2. The highest BCUT2D eigenvalue weighted by atomic mass is 79.9. The molecular formula is C12H12BrNO3. The van der Waals surface area contributed by atoms with E-state index in [9.17, 15) is 14.7 Å². The van der Waals surface area contributed by atoms with E-state index in [1.165, 1.54) is 6.08 Å². The van der Waals surface area contributed by atoms with Crippen LogP contribution in [-0.4, -0.2) is 16.8 Å². The molecule has 0 aliphatic heterocycles. The lowest BCUT2D eigenvalue weighted by molar-refractivity contribution is -0.119. The largest absolute Gasteiger partial charge is 0.510 e. The number of Topliss-reactive ketones (excluding diaryl/α,β-unsaturated/α-hetero) is 1. The van der Waals surface area contributed by atoms with Crippen molar-refractivity contribution in [2.24, 2.45) is 0 Å². The lowest BCUT2D eigenvalue weighted by Crippen LogP contribution is -2.24. The fourth-order valence-corrected chi connectivity index (χ4v) is 1.44. The number of amides is 1. The summed E-state index contributed by atoms with van der Waals surface area (Å²) in [5, 5.41) is 11.7. The lowest BCUT2D eigenvalue weighted by Gasteiger charge is -2.01. The van der Waals surface area contributed by atoms with Crippen LogP contribution in [0.25, 0.3) is 0 Å². The topological polar surface area (TPSA) is 66.4 Å². The van der Waals surface area contributed by atoms with Gasteiger partial charge in [-0.1, -0.05) is 40.2 Å². The van der Waals surface area contributed by atoms with Crippen molar-refractivity contribution in [3.8, 4) is 0 Å². The Morgan fingerprint density at radius 2 is 1.94 bits per heavy atom. The van der Waals surface area contributed by atoms with Gasteiger partial charge in [-0.3, -0.25) is 9.59 Å². The maximum absolute atomic E-state index is 11.4. The standard InChI is InChI=1S/C12H12BrNO3/c13-8-4-2-1-3-5-11(17)14-12-9(15)6-7-10(12)16/h1-5,8,15H,6-7H2,(H,14,17)/b2-1+,5-3+,8-4+. The number of aliphatic hydroxyl groups is 1. The molecule has 2 N–H and O–H groups in total. The first-order chi connectivity index (χ1) is 8.15. The second-order valence-electron chi connectivity index (χ2n) is 3.30. The molecule has 0 saturated heterocycles. The third kappa shape index (κ3) is 4.40. The van der Waals surface area contributed by atoms with E-state index in [1.807, 2.05) is 0 Å². The zero-order chi connectivity index (χ0) is 12.7. The van der Waals surface area contributed by atoms with Gasteiger partial charge in [-0.05, 0) is 4.99 Å². The zero-order valence-corrected chi connectivity index (χ0v) is 10.6. The van der Waals surface area contributed by atoms with Crippen LogP contribution in [0.1, 0.15) is 12.8 Å². The van der Waals surface area contributed by atoms with E-state index >= 15 is 0 Å². The number of hydrogen-bond acceptors (Lipinski definition) is 3. The Morgan fingerprint density at radius 1 is 1.24 bits per heavy atom. The molecule has 0 saturated carbocycles.